The van der Waals surface area contributed by atoms with Crippen molar-refractivity contribution in [2.24, 2.45) is 0 Å². The maximum atomic E-state index is 13.7. The van der Waals surface area contributed by atoms with Crippen molar-refractivity contribution in [1.82, 2.24) is 9.88 Å². The molecule has 2 heterocycles. The topological polar surface area (TPSA) is 33.2 Å². The van der Waals surface area contributed by atoms with Gasteiger partial charge in [0.1, 0.15) is 5.82 Å². The number of likely N-dealkylation sites (tertiary alicyclic amines) is 1. The molecular formula is C19H21FN2OS. The summed E-state index contributed by atoms with van der Waals surface area (Å²) in [6.45, 7) is 1.54. The molecule has 2 aromatic rings. The number of carbonyl (C=O) groups excluding carboxylic acids is 1. The van der Waals surface area contributed by atoms with E-state index in [0.717, 1.165) is 55.8 Å². The molecule has 0 N–H and O–H groups in total. The number of hydrogen-bond acceptors (Lipinski definition) is 3. The van der Waals surface area contributed by atoms with Gasteiger partial charge in [-0.25, -0.2) is 9.37 Å². The van der Waals surface area contributed by atoms with Crippen molar-refractivity contribution >= 4 is 17.2 Å². The summed E-state index contributed by atoms with van der Waals surface area (Å²) in [7, 11) is 0. The van der Waals surface area contributed by atoms with Crippen LogP contribution in [-0.4, -0.2) is 28.9 Å². The van der Waals surface area contributed by atoms with Gasteiger partial charge in [-0.3, -0.25) is 4.79 Å². The van der Waals surface area contributed by atoms with Gasteiger partial charge in [0, 0.05) is 30.6 Å². The lowest BCUT2D eigenvalue weighted by Gasteiger charge is -2.45. The third-order valence-electron chi connectivity index (χ3n) is 5.50. The Balaban J connectivity index is 1.57. The van der Waals surface area contributed by atoms with E-state index in [1.807, 2.05) is 22.5 Å². The lowest BCUT2D eigenvalue weighted by molar-refractivity contribution is -0.142. The zero-order valence-electron chi connectivity index (χ0n) is 13.6. The molecule has 1 saturated heterocycles. The predicted octanol–water partition coefficient (Wildman–Crippen LogP) is 4.11. The number of aromatic nitrogens is 1. The van der Waals surface area contributed by atoms with Crippen LogP contribution in [0.4, 0.5) is 4.39 Å². The fourth-order valence-electron chi connectivity index (χ4n) is 4.04. The molecule has 0 spiro atoms. The van der Waals surface area contributed by atoms with Crippen molar-refractivity contribution in [1.29, 1.82) is 0 Å². The van der Waals surface area contributed by atoms with Crippen molar-refractivity contribution < 1.29 is 9.18 Å². The van der Waals surface area contributed by atoms with Crippen LogP contribution < -0.4 is 0 Å². The Morgan fingerprint density at radius 1 is 1.33 bits per heavy atom. The first-order chi connectivity index (χ1) is 11.7. The first-order valence-corrected chi connectivity index (χ1v) is 9.52. The average Bonchev–Trinajstić information content (AvgIpc) is 3.08. The second-order valence-electron chi connectivity index (χ2n) is 6.91. The van der Waals surface area contributed by atoms with E-state index in [1.165, 1.54) is 6.07 Å². The zero-order chi connectivity index (χ0) is 16.6. The highest BCUT2D eigenvalue weighted by atomic mass is 32.1. The summed E-state index contributed by atoms with van der Waals surface area (Å²) in [4.78, 5) is 19.7. The fraction of sp³-hybridized carbons (Fsp3) is 0.474. The molecule has 126 valence electrons. The van der Waals surface area contributed by atoms with Gasteiger partial charge in [-0.05, 0) is 43.4 Å². The van der Waals surface area contributed by atoms with E-state index in [0.29, 0.717) is 5.92 Å². The van der Waals surface area contributed by atoms with Crippen molar-refractivity contribution in [2.45, 2.75) is 43.4 Å². The van der Waals surface area contributed by atoms with Crippen LogP contribution in [0, 0.1) is 5.82 Å². The van der Waals surface area contributed by atoms with Crippen LogP contribution in [0.2, 0.25) is 0 Å². The smallest absolute Gasteiger partial charge is 0.233 e. The van der Waals surface area contributed by atoms with Gasteiger partial charge in [0.15, 0.2) is 0 Å². The van der Waals surface area contributed by atoms with Gasteiger partial charge in [0.25, 0.3) is 0 Å². The maximum absolute atomic E-state index is 13.7. The van der Waals surface area contributed by atoms with Crippen LogP contribution >= 0.6 is 11.3 Å². The van der Waals surface area contributed by atoms with Crippen molar-refractivity contribution in [2.75, 3.05) is 13.1 Å². The number of halogens is 1. The number of carbonyl (C=O) groups is 1. The van der Waals surface area contributed by atoms with Gasteiger partial charge in [0.2, 0.25) is 5.91 Å². The van der Waals surface area contributed by atoms with Gasteiger partial charge in [-0.2, -0.15) is 0 Å². The molecule has 1 amide bonds. The van der Waals surface area contributed by atoms with Gasteiger partial charge < -0.3 is 4.90 Å². The summed E-state index contributed by atoms with van der Waals surface area (Å²) in [6, 6.07) is 6.61. The van der Waals surface area contributed by atoms with Crippen LogP contribution in [0.1, 0.15) is 48.6 Å². The summed E-state index contributed by atoms with van der Waals surface area (Å²) >= 11 is 1.67. The Labute approximate surface area is 145 Å². The standard InChI is InChI=1S/C19H21FN2OS/c20-16-6-1-5-15(12-16)19(7-3-8-19)18(23)22-10-2-4-14(13-22)17-21-9-11-24-17/h1,5-6,9,11-12,14H,2-4,7-8,10,13H2/t14-/m1/s1. The van der Waals surface area contributed by atoms with E-state index in [-0.39, 0.29) is 11.7 Å². The SMILES string of the molecule is O=C(N1CCC[C@@H](c2nccs2)C1)C1(c2cccc(F)c2)CCC1. The van der Waals surface area contributed by atoms with E-state index < -0.39 is 5.41 Å². The molecule has 24 heavy (non-hydrogen) atoms. The highest BCUT2D eigenvalue weighted by Crippen LogP contribution is 2.46. The van der Waals surface area contributed by atoms with Crippen LogP contribution in [0.3, 0.4) is 0 Å². The van der Waals surface area contributed by atoms with Crippen LogP contribution in [-0.2, 0) is 10.2 Å². The monoisotopic (exact) mass is 344 g/mol. The number of nitrogens with zero attached hydrogens (tertiary/aromatic N) is 2. The minimum absolute atomic E-state index is 0.181. The largest absolute Gasteiger partial charge is 0.341 e. The Bertz CT molecular complexity index is 727. The molecule has 0 unspecified atom stereocenters. The number of rotatable bonds is 3. The van der Waals surface area contributed by atoms with Crippen molar-refractivity contribution in [3.63, 3.8) is 0 Å². The van der Waals surface area contributed by atoms with Crippen molar-refractivity contribution in [3.05, 3.63) is 52.2 Å². The summed E-state index contributed by atoms with van der Waals surface area (Å²) in [6.07, 6.45) is 6.62. The van der Waals surface area contributed by atoms with Crippen molar-refractivity contribution in [3.8, 4) is 0 Å². The van der Waals surface area contributed by atoms with E-state index in [2.05, 4.69) is 4.98 Å². The minimum atomic E-state index is -0.507. The van der Waals surface area contributed by atoms with E-state index in [1.54, 1.807) is 23.5 Å². The molecule has 3 nitrogen and oxygen atoms in total. The average molecular weight is 344 g/mol. The molecule has 1 aromatic heterocycles. The minimum Gasteiger partial charge on any atom is -0.341 e. The quantitative estimate of drug-likeness (QED) is 0.839. The number of amides is 1. The molecule has 1 aromatic carbocycles. The van der Waals surface area contributed by atoms with Gasteiger partial charge >= 0.3 is 0 Å². The third kappa shape index (κ3) is 2.65. The van der Waals surface area contributed by atoms with Gasteiger partial charge in [0.05, 0.1) is 10.4 Å². The summed E-state index contributed by atoms with van der Waals surface area (Å²) in [5.74, 6) is 0.263. The van der Waals surface area contributed by atoms with E-state index in [4.69, 9.17) is 0 Å². The molecule has 1 aliphatic heterocycles. The molecule has 1 atom stereocenters. The molecule has 0 bridgehead atoms. The molecule has 5 heteroatoms. The zero-order valence-corrected chi connectivity index (χ0v) is 14.4. The third-order valence-corrected chi connectivity index (χ3v) is 6.44. The summed E-state index contributed by atoms with van der Waals surface area (Å²) < 4.78 is 13.7. The molecule has 1 aliphatic carbocycles. The highest BCUT2D eigenvalue weighted by molar-refractivity contribution is 7.09. The second-order valence-corrected chi connectivity index (χ2v) is 7.83. The Morgan fingerprint density at radius 2 is 2.21 bits per heavy atom. The van der Waals surface area contributed by atoms with Crippen LogP contribution in [0.25, 0.3) is 0 Å². The first-order valence-electron chi connectivity index (χ1n) is 8.64. The summed E-state index contributed by atoms with van der Waals surface area (Å²) in [5, 5.41) is 3.12. The normalized spacial score (nSPS) is 22.9. The van der Waals surface area contributed by atoms with Gasteiger partial charge in [-0.1, -0.05) is 18.6 Å². The number of piperidine rings is 1. The fourth-order valence-corrected chi connectivity index (χ4v) is 4.81. The Kier molecular flexibility index (Phi) is 4.12. The predicted molar refractivity (Wildman–Crippen MR) is 92.6 cm³/mol. The highest BCUT2D eigenvalue weighted by Gasteiger charge is 2.48. The molecule has 1 saturated carbocycles. The van der Waals surface area contributed by atoms with Crippen LogP contribution in [0.15, 0.2) is 35.8 Å². The summed E-state index contributed by atoms with van der Waals surface area (Å²) in [5.41, 5.74) is 0.336. The first kappa shape index (κ1) is 15.8. The molecular weight excluding hydrogens is 323 g/mol. The Morgan fingerprint density at radius 3 is 2.88 bits per heavy atom. The maximum Gasteiger partial charge on any atom is 0.233 e. The van der Waals surface area contributed by atoms with Crippen LogP contribution in [0.5, 0.6) is 0 Å². The Hall–Kier alpha value is -1.75. The molecule has 2 fully saturated rings. The van der Waals surface area contributed by atoms with Gasteiger partial charge in [-0.15, -0.1) is 11.3 Å². The van der Waals surface area contributed by atoms with E-state index >= 15 is 0 Å². The second kappa shape index (κ2) is 6.28. The van der Waals surface area contributed by atoms with E-state index in [9.17, 15) is 9.18 Å². The molecule has 0 radical (unpaired) electrons. The lowest BCUT2D eigenvalue weighted by Crippen LogP contribution is -2.53. The number of hydrogen-bond donors (Lipinski definition) is 0. The lowest BCUT2D eigenvalue weighted by atomic mass is 9.63. The number of benzene rings is 1. The molecule has 4 rings (SSSR count). The molecule has 2 aliphatic rings. The number of thiazole rings is 1.